The van der Waals surface area contributed by atoms with Crippen molar-refractivity contribution < 1.29 is 4.39 Å². The molecule has 0 bridgehead atoms. The van der Waals surface area contributed by atoms with Gasteiger partial charge in [-0.3, -0.25) is 0 Å². The number of halogens is 1. The Labute approximate surface area is 75.7 Å². The summed E-state index contributed by atoms with van der Waals surface area (Å²) in [6.45, 7) is 6.93. The monoisotopic (exact) mass is 175 g/mol. The second kappa shape index (κ2) is 5.52. The molecule has 2 heteroatoms. The molecular formula is C10H22FN. The van der Waals surface area contributed by atoms with Gasteiger partial charge in [0.2, 0.25) is 0 Å². The third-order valence-corrected chi connectivity index (χ3v) is 2.61. The summed E-state index contributed by atoms with van der Waals surface area (Å²) in [6.07, 6.45) is 2.13. The zero-order chi connectivity index (χ0) is 9.61. The van der Waals surface area contributed by atoms with Crippen LogP contribution in [0.15, 0.2) is 0 Å². The van der Waals surface area contributed by atoms with E-state index >= 15 is 0 Å². The van der Waals surface area contributed by atoms with Gasteiger partial charge in [-0.15, -0.1) is 0 Å². The molecule has 0 aliphatic heterocycles. The minimum absolute atomic E-state index is 0.178. The number of rotatable bonds is 6. The molecule has 0 aromatic carbocycles. The van der Waals surface area contributed by atoms with Crippen molar-refractivity contribution in [2.75, 3.05) is 13.6 Å². The second-order valence-corrected chi connectivity index (χ2v) is 4.00. The highest BCUT2D eigenvalue weighted by molar-refractivity contribution is 4.75. The Morgan fingerprint density at radius 2 is 2.08 bits per heavy atom. The van der Waals surface area contributed by atoms with Gasteiger partial charge in [0.25, 0.3) is 0 Å². The molecule has 1 nitrogen and oxygen atoms in total. The maximum atomic E-state index is 12.8. The van der Waals surface area contributed by atoms with Crippen molar-refractivity contribution in [3.05, 3.63) is 0 Å². The van der Waals surface area contributed by atoms with Crippen molar-refractivity contribution in [3.8, 4) is 0 Å². The first-order valence-corrected chi connectivity index (χ1v) is 4.83. The van der Waals surface area contributed by atoms with Crippen molar-refractivity contribution in [3.63, 3.8) is 0 Å². The maximum Gasteiger partial charge on any atom is 0.0978 e. The molecule has 0 fully saturated rings. The molecule has 0 aliphatic carbocycles. The van der Waals surface area contributed by atoms with Crippen LogP contribution in [0.2, 0.25) is 0 Å². The van der Waals surface area contributed by atoms with Crippen molar-refractivity contribution in [1.82, 2.24) is 5.32 Å². The van der Waals surface area contributed by atoms with Gasteiger partial charge < -0.3 is 5.32 Å². The van der Waals surface area contributed by atoms with Gasteiger partial charge in [-0.25, -0.2) is 4.39 Å². The summed E-state index contributed by atoms with van der Waals surface area (Å²) in [4.78, 5) is 0. The van der Waals surface area contributed by atoms with Gasteiger partial charge in [-0.2, -0.15) is 0 Å². The van der Waals surface area contributed by atoms with Crippen LogP contribution in [0.25, 0.3) is 0 Å². The second-order valence-electron chi connectivity index (χ2n) is 4.00. The van der Waals surface area contributed by atoms with E-state index in [2.05, 4.69) is 19.2 Å². The van der Waals surface area contributed by atoms with E-state index in [1.54, 1.807) is 6.92 Å². The fraction of sp³-hybridized carbons (Fsp3) is 1.00. The molecule has 0 saturated heterocycles. The normalized spacial score (nSPS) is 18.8. The first-order chi connectivity index (χ1) is 5.54. The number of hydrogen-bond acceptors (Lipinski definition) is 1. The van der Waals surface area contributed by atoms with Crippen LogP contribution in [-0.2, 0) is 0 Å². The lowest BCUT2D eigenvalue weighted by molar-refractivity contribution is 0.184. The summed E-state index contributed by atoms with van der Waals surface area (Å²) in [7, 11) is 1.94. The predicted octanol–water partition coefficient (Wildman–Crippen LogP) is 2.76. The van der Waals surface area contributed by atoms with Crippen LogP contribution in [0.1, 0.15) is 40.0 Å². The first kappa shape index (κ1) is 11.9. The molecule has 0 aliphatic rings. The number of hydrogen-bond donors (Lipinski definition) is 1. The topological polar surface area (TPSA) is 12.0 Å². The van der Waals surface area contributed by atoms with E-state index < -0.39 is 6.17 Å². The van der Waals surface area contributed by atoms with Gasteiger partial charge >= 0.3 is 0 Å². The van der Waals surface area contributed by atoms with Crippen LogP contribution in [0.3, 0.4) is 0 Å². The zero-order valence-electron chi connectivity index (χ0n) is 8.78. The van der Waals surface area contributed by atoms with E-state index in [1.165, 1.54) is 0 Å². The summed E-state index contributed by atoms with van der Waals surface area (Å²) in [5.74, 6) is 0. The molecule has 12 heavy (non-hydrogen) atoms. The molecular weight excluding hydrogens is 153 g/mol. The van der Waals surface area contributed by atoms with Gasteiger partial charge in [0, 0.05) is 0 Å². The summed E-state index contributed by atoms with van der Waals surface area (Å²) in [6, 6.07) is 0. The van der Waals surface area contributed by atoms with E-state index in [4.69, 9.17) is 0 Å². The smallest absolute Gasteiger partial charge is 0.0978 e. The van der Waals surface area contributed by atoms with E-state index in [0.29, 0.717) is 6.42 Å². The third-order valence-electron chi connectivity index (χ3n) is 2.61. The van der Waals surface area contributed by atoms with Crippen LogP contribution in [0.4, 0.5) is 4.39 Å². The Hall–Kier alpha value is -0.110. The van der Waals surface area contributed by atoms with Crippen molar-refractivity contribution in [2.45, 2.75) is 46.2 Å². The van der Waals surface area contributed by atoms with E-state index in [-0.39, 0.29) is 5.41 Å². The molecule has 2 atom stereocenters. The minimum Gasteiger partial charge on any atom is -0.320 e. The van der Waals surface area contributed by atoms with Gasteiger partial charge in [-0.05, 0) is 38.8 Å². The Kier molecular flexibility index (Phi) is 5.47. The molecule has 0 rings (SSSR count). The van der Waals surface area contributed by atoms with Gasteiger partial charge in [-0.1, -0.05) is 20.3 Å². The quantitative estimate of drug-likeness (QED) is 0.654. The summed E-state index contributed by atoms with van der Waals surface area (Å²) < 4.78 is 12.8. The van der Waals surface area contributed by atoms with E-state index in [1.807, 2.05) is 7.05 Å². The lowest BCUT2D eigenvalue weighted by Crippen LogP contribution is -2.24. The Balaban J connectivity index is 3.86. The minimum atomic E-state index is -0.674. The number of alkyl halides is 1. The molecule has 2 unspecified atom stereocenters. The molecule has 0 saturated carbocycles. The van der Waals surface area contributed by atoms with E-state index in [0.717, 1.165) is 19.4 Å². The SMILES string of the molecule is CCC(C)(CCNC)CC(C)F. The highest BCUT2D eigenvalue weighted by atomic mass is 19.1. The van der Waals surface area contributed by atoms with Crippen LogP contribution in [0.5, 0.6) is 0 Å². The van der Waals surface area contributed by atoms with Crippen LogP contribution in [-0.4, -0.2) is 19.8 Å². The highest BCUT2D eigenvalue weighted by Crippen LogP contribution is 2.31. The van der Waals surface area contributed by atoms with E-state index in [9.17, 15) is 4.39 Å². The lowest BCUT2D eigenvalue weighted by atomic mass is 9.79. The average Bonchev–Trinajstić information content (AvgIpc) is 2.00. The molecule has 0 spiro atoms. The number of nitrogens with one attached hydrogen (secondary N) is 1. The van der Waals surface area contributed by atoms with Crippen molar-refractivity contribution >= 4 is 0 Å². The van der Waals surface area contributed by atoms with Crippen molar-refractivity contribution in [1.29, 1.82) is 0 Å². The molecule has 0 radical (unpaired) electrons. The zero-order valence-corrected chi connectivity index (χ0v) is 8.78. The fourth-order valence-corrected chi connectivity index (χ4v) is 1.53. The van der Waals surface area contributed by atoms with Crippen LogP contribution >= 0.6 is 0 Å². The van der Waals surface area contributed by atoms with Gasteiger partial charge in [0.15, 0.2) is 0 Å². The maximum absolute atomic E-state index is 12.8. The largest absolute Gasteiger partial charge is 0.320 e. The standard InChI is InChI=1S/C10H22FN/c1-5-10(3,6-7-12-4)8-9(2)11/h9,12H,5-8H2,1-4H3. The summed E-state index contributed by atoms with van der Waals surface area (Å²) in [5, 5.41) is 3.11. The van der Waals surface area contributed by atoms with Crippen molar-refractivity contribution in [2.24, 2.45) is 5.41 Å². The molecule has 0 heterocycles. The molecule has 1 N–H and O–H groups in total. The Morgan fingerprint density at radius 3 is 2.42 bits per heavy atom. The fourth-order valence-electron chi connectivity index (χ4n) is 1.53. The Bertz CT molecular complexity index is 114. The first-order valence-electron chi connectivity index (χ1n) is 4.83. The molecule has 0 amide bonds. The average molecular weight is 175 g/mol. The predicted molar refractivity (Wildman–Crippen MR) is 52.1 cm³/mol. The molecule has 74 valence electrons. The highest BCUT2D eigenvalue weighted by Gasteiger charge is 2.23. The Morgan fingerprint density at radius 1 is 1.50 bits per heavy atom. The summed E-state index contributed by atoms with van der Waals surface area (Å²) in [5.41, 5.74) is 0.178. The lowest BCUT2D eigenvalue weighted by Gasteiger charge is -2.28. The third kappa shape index (κ3) is 4.70. The van der Waals surface area contributed by atoms with Crippen LogP contribution in [0, 0.1) is 5.41 Å². The van der Waals surface area contributed by atoms with Crippen LogP contribution < -0.4 is 5.32 Å². The van der Waals surface area contributed by atoms with Gasteiger partial charge in [0.05, 0.1) is 6.17 Å². The summed E-state index contributed by atoms with van der Waals surface area (Å²) >= 11 is 0. The molecule has 0 aromatic rings. The molecule has 0 aromatic heterocycles. The van der Waals surface area contributed by atoms with Gasteiger partial charge in [0.1, 0.15) is 0 Å².